The number of benzene rings is 1. The molecular weight excluding hydrogens is 362 g/mol. The van der Waals surface area contributed by atoms with E-state index in [2.05, 4.69) is 21.2 Å². The Morgan fingerprint density at radius 2 is 2.00 bits per heavy atom. The van der Waals surface area contributed by atoms with E-state index in [0.717, 1.165) is 25.7 Å². The molecule has 1 N–H and O–H groups in total. The summed E-state index contributed by atoms with van der Waals surface area (Å²) in [6.07, 6.45) is 0. The van der Waals surface area contributed by atoms with Crippen molar-refractivity contribution in [1.82, 2.24) is 5.32 Å². The highest BCUT2D eigenvalue weighted by molar-refractivity contribution is 9.11. The molecule has 6 heteroatoms. The van der Waals surface area contributed by atoms with Crippen LogP contribution in [0.25, 0.3) is 0 Å². The summed E-state index contributed by atoms with van der Waals surface area (Å²) in [4.78, 5) is 1.11. The molecule has 2 aromatic rings. The first-order valence-corrected chi connectivity index (χ1v) is 7.93. The number of halogens is 2. The van der Waals surface area contributed by atoms with Crippen LogP contribution in [0.2, 0.25) is 5.02 Å². The zero-order valence-corrected chi connectivity index (χ0v) is 14.5. The van der Waals surface area contributed by atoms with Crippen molar-refractivity contribution in [2.45, 2.75) is 6.04 Å². The number of hydrogen-bond acceptors (Lipinski definition) is 4. The van der Waals surface area contributed by atoms with Crippen LogP contribution in [0.15, 0.2) is 28.1 Å². The van der Waals surface area contributed by atoms with Gasteiger partial charge in [-0.05, 0) is 47.2 Å². The van der Waals surface area contributed by atoms with E-state index >= 15 is 0 Å². The highest BCUT2D eigenvalue weighted by Gasteiger charge is 2.20. The first kappa shape index (κ1) is 15.6. The first-order valence-electron chi connectivity index (χ1n) is 5.94. The maximum absolute atomic E-state index is 6.13. The van der Waals surface area contributed by atoms with Gasteiger partial charge >= 0.3 is 0 Å². The van der Waals surface area contributed by atoms with E-state index in [9.17, 15) is 0 Å². The van der Waals surface area contributed by atoms with Crippen molar-refractivity contribution in [3.05, 3.63) is 43.5 Å². The van der Waals surface area contributed by atoms with E-state index in [1.54, 1.807) is 25.6 Å². The Balaban J connectivity index is 2.50. The fourth-order valence-corrected chi connectivity index (χ4v) is 3.90. The van der Waals surface area contributed by atoms with Gasteiger partial charge < -0.3 is 14.8 Å². The van der Waals surface area contributed by atoms with Crippen LogP contribution in [0.4, 0.5) is 0 Å². The summed E-state index contributed by atoms with van der Waals surface area (Å²) < 4.78 is 11.7. The second kappa shape index (κ2) is 6.80. The highest BCUT2D eigenvalue weighted by atomic mass is 79.9. The fraction of sp³-hybridized carbons (Fsp3) is 0.286. The van der Waals surface area contributed by atoms with Crippen LogP contribution in [0.1, 0.15) is 16.5 Å². The van der Waals surface area contributed by atoms with Crippen LogP contribution in [-0.4, -0.2) is 21.3 Å². The molecule has 1 heterocycles. The summed E-state index contributed by atoms with van der Waals surface area (Å²) in [5, 5.41) is 4.01. The van der Waals surface area contributed by atoms with Gasteiger partial charge in [0.1, 0.15) is 11.5 Å². The standard InChI is InChI=1S/C14H15BrClNO2S/c1-17-13(12-7-10(16)14(15)20-12)9-6-8(18-2)4-5-11(9)19-3/h4-7,13,17H,1-3H3. The molecule has 0 aliphatic heterocycles. The smallest absolute Gasteiger partial charge is 0.124 e. The molecule has 3 nitrogen and oxygen atoms in total. The maximum Gasteiger partial charge on any atom is 0.124 e. The Labute approximate surface area is 136 Å². The monoisotopic (exact) mass is 375 g/mol. The number of nitrogens with one attached hydrogen (secondary N) is 1. The largest absolute Gasteiger partial charge is 0.497 e. The molecule has 1 aromatic carbocycles. The second-order valence-electron chi connectivity index (χ2n) is 4.10. The molecule has 20 heavy (non-hydrogen) atoms. The molecule has 108 valence electrons. The van der Waals surface area contributed by atoms with Gasteiger partial charge in [0.2, 0.25) is 0 Å². The third kappa shape index (κ3) is 3.11. The van der Waals surface area contributed by atoms with Crippen molar-refractivity contribution in [1.29, 1.82) is 0 Å². The summed E-state index contributed by atoms with van der Waals surface area (Å²) in [7, 11) is 5.22. The molecule has 0 spiro atoms. The molecule has 0 saturated heterocycles. The van der Waals surface area contributed by atoms with Gasteiger partial charge in [0, 0.05) is 10.4 Å². The van der Waals surface area contributed by atoms with E-state index in [0.29, 0.717) is 5.02 Å². The van der Waals surface area contributed by atoms with Crippen LogP contribution in [0.3, 0.4) is 0 Å². The lowest BCUT2D eigenvalue weighted by Crippen LogP contribution is -2.17. The predicted octanol–water partition coefficient (Wildman–Crippen LogP) is 4.49. The quantitative estimate of drug-likeness (QED) is 0.834. The Kier molecular flexibility index (Phi) is 5.32. The van der Waals surface area contributed by atoms with Crippen LogP contribution >= 0.6 is 38.9 Å². The van der Waals surface area contributed by atoms with Gasteiger partial charge in [-0.1, -0.05) is 11.6 Å². The lowest BCUT2D eigenvalue weighted by Gasteiger charge is -2.19. The molecule has 0 amide bonds. The van der Waals surface area contributed by atoms with Crippen molar-refractivity contribution >= 4 is 38.9 Å². The van der Waals surface area contributed by atoms with Crippen molar-refractivity contribution < 1.29 is 9.47 Å². The molecule has 0 saturated carbocycles. The second-order valence-corrected chi connectivity index (χ2v) is 6.91. The van der Waals surface area contributed by atoms with Gasteiger partial charge in [0.05, 0.1) is 29.1 Å². The molecule has 1 unspecified atom stereocenters. The molecule has 1 aromatic heterocycles. The average molecular weight is 377 g/mol. The Hall–Kier alpha value is -0.750. The molecule has 0 bridgehead atoms. The highest BCUT2D eigenvalue weighted by Crippen LogP contribution is 2.40. The normalized spacial score (nSPS) is 12.2. The van der Waals surface area contributed by atoms with Crippen molar-refractivity contribution in [3.63, 3.8) is 0 Å². The number of methoxy groups -OCH3 is 2. The molecule has 2 rings (SSSR count). The topological polar surface area (TPSA) is 30.5 Å². The zero-order valence-electron chi connectivity index (χ0n) is 11.4. The van der Waals surface area contributed by atoms with Gasteiger partial charge in [-0.15, -0.1) is 11.3 Å². The molecule has 0 fully saturated rings. The molecule has 0 radical (unpaired) electrons. The summed E-state index contributed by atoms with van der Waals surface area (Å²) >= 11 is 11.2. The number of hydrogen-bond donors (Lipinski definition) is 1. The lowest BCUT2D eigenvalue weighted by molar-refractivity contribution is 0.395. The maximum atomic E-state index is 6.13. The summed E-state index contributed by atoms with van der Waals surface area (Å²) in [5.74, 6) is 1.61. The third-order valence-corrected chi connectivity index (χ3v) is 5.52. The van der Waals surface area contributed by atoms with Crippen molar-refractivity contribution in [3.8, 4) is 11.5 Å². The third-order valence-electron chi connectivity index (χ3n) is 2.99. The van der Waals surface area contributed by atoms with E-state index in [-0.39, 0.29) is 6.04 Å². The SMILES string of the molecule is CNC(c1cc(Cl)c(Br)s1)c1cc(OC)ccc1OC. The molecule has 1 atom stereocenters. The predicted molar refractivity (Wildman–Crippen MR) is 87.5 cm³/mol. The molecule has 0 aliphatic carbocycles. The Morgan fingerprint density at radius 3 is 2.50 bits per heavy atom. The summed E-state index contributed by atoms with van der Waals surface area (Å²) in [6.45, 7) is 0. The van der Waals surface area contributed by atoms with Crippen LogP contribution in [-0.2, 0) is 0 Å². The Morgan fingerprint density at radius 1 is 1.25 bits per heavy atom. The first-order chi connectivity index (χ1) is 9.60. The fourth-order valence-electron chi connectivity index (χ4n) is 2.02. The van der Waals surface area contributed by atoms with E-state index in [1.165, 1.54) is 0 Å². The van der Waals surface area contributed by atoms with Gasteiger partial charge in [-0.25, -0.2) is 0 Å². The van der Waals surface area contributed by atoms with Gasteiger partial charge in [-0.2, -0.15) is 0 Å². The van der Waals surface area contributed by atoms with Gasteiger partial charge in [-0.3, -0.25) is 0 Å². The number of rotatable bonds is 5. The number of ether oxygens (including phenoxy) is 2. The van der Waals surface area contributed by atoms with Crippen LogP contribution < -0.4 is 14.8 Å². The zero-order chi connectivity index (χ0) is 14.7. The summed E-state index contributed by atoms with van der Waals surface area (Å²) in [5.41, 5.74) is 1.01. The summed E-state index contributed by atoms with van der Waals surface area (Å²) in [6, 6.07) is 7.71. The minimum atomic E-state index is -0.00569. The van der Waals surface area contributed by atoms with Crippen molar-refractivity contribution in [2.24, 2.45) is 0 Å². The molecular formula is C14H15BrClNO2S. The average Bonchev–Trinajstić information content (AvgIpc) is 2.79. The molecule has 0 aliphatic rings. The minimum Gasteiger partial charge on any atom is -0.497 e. The van der Waals surface area contributed by atoms with E-state index < -0.39 is 0 Å². The van der Waals surface area contributed by atoms with Crippen LogP contribution in [0.5, 0.6) is 11.5 Å². The van der Waals surface area contributed by atoms with Crippen LogP contribution in [0, 0.1) is 0 Å². The van der Waals surface area contributed by atoms with E-state index in [4.69, 9.17) is 21.1 Å². The van der Waals surface area contributed by atoms with Crippen molar-refractivity contribution in [2.75, 3.05) is 21.3 Å². The van der Waals surface area contributed by atoms with Gasteiger partial charge in [0.15, 0.2) is 0 Å². The lowest BCUT2D eigenvalue weighted by atomic mass is 10.0. The minimum absolute atomic E-state index is 0.00569. The van der Waals surface area contributed by atoms with E-state index in [1.807, 2.05) is 31.3 Å². The Bertz CT molecular complexity index is 583. The number of thiophene rings is 1. The van der Waals surface area contributed by atoms with Gasteiger partial charge in [0.25, 0.3) is 0 Å².